The monoisotopic (exact) mass is 244 g/mol. The molecule has 92 valence electrons. The standard InChI is InChI=1S/C13H12N2O3/c16-10-7-4-8-13(10)11(17)15-12(18-13)14-9-5-2-1-3-6-9/h1-3,5-6H,4,7-8H2,(H,14,15,17). The topological polar surface area (TPSA) is 67.8 Å². The summed E-state index contributed by atoms with van der Waals surface area (Å²) in [7, 11) is 0. The van der Waals surface area contributed by atoms with Crippen molar-refractivity contribution in [2.45, 2.75) is 24.9 Å². The molecule has 5 nitrogen and oxygen atoms in total. The fourth-order valence-corrected chi connectivity index (χ4v) is 2.29. The Morgan fingerprint density at radius 1 is 1.22 bits per heavy atom. The molecule has 1 N–H and O–H groups in total. The lowest BCUT2D eigenvalue weighted by atomic mass is 10.0. The van der Waals surface area contributed by atoms with Crippen LogP contribution >= 0.6 is 0 Å². The third-order valence-electron chi connectivity index (χ3n) is 3.23. The number of aliphatic imine (C=N–C) groups is 1. The molecule has 18 heavy (non-hydrogen) atoms. The van der Waals surface area contributed by atoms with Gasteiger partial charge in [0.25, 0.3) is 11.9 Å². The van der Waals surface area contributed by atoms with E-state index in [0.717, 1.165) is 0 Å². The van der Waals surface area contributed by atoms with Gasteiger partial charge in [0.2, 0.25) is 5.60 Å². The summed E-state index contributed by atoms with van der Waals surface area (Å²) in [5.41, 5.74) is -0.636. The Morgan fingerprint density at radius 3 is 2.67 bits per heavy atom. The Bertz CT molecular complexity index is 538. The van der Waals surface area contributed by atoms with Gasteiger partial charge in [0, 0.05) is 12.8 Å². The molecule has 1 saturated carbocycles. The number of hydrogen-bond acceptors (Lipinski definition) is 4. The molecular weight excluding hydrogens is 232 g/mol. The van der Waals surface area contributed by atoms with Gasteiger partial charge >= 0.3 is 0 Å². The van der Waals surface area contributed by atoms with Gasteiger partial charge in [-0.2, -0.15) is 4.99 Å². The van der Waals surface area contributed by atoms with Crippen molar-refractivity contribution < 1.29 is 14.3 Å². The number of para-hydroxylation sites is 1. The van der Waals surface area contributed by atoms with Gasteiger partial charge in [0.1, 0.15) is 0 Å². The number of Topliss-reactive ketones (excluding diaryl/α,β-unsaturated/α-hetero) is 1. The number of carbonyl (C=O) groups excluding carboxylic acids is 2. The van der Waals surface area contributed by atoms with E-state index in [2.05, 4.69) is 10.3 Å². The van der Waals surface area contributed by atoms with E-state index >= 15 is 0 Å². The number of hydrogen-bond donors (Lipinski definition) is 1. The van der Waals surface area contributed by atoms with Gasteiger partial charge in [-0.05, 0) is 18.6 Å². The fourth-order valence-electron chi connectivity index (χ4n) is 2.29. The summed E-state index contributed by atoms with van der Waals surface area (Å²) in [6.45, 7) is 0. The maximum absolute atomic E-state index is 11.9. The van der Waals surface area contributed by atoms with Gasteiger partial charge in [-0.15, -0.1) is 0 Å². The highest BCUT2D eigenvalue weighted by Crippen LogP contribution is 2.33. The maximum atomic E-state index is 11.9. The van der Waals surface area contributed by atoms with E-state index in [1.807, 2.05) is 18.2 Å². The number of ether oxygens (including phenoxy) is 1. The van der Waals surface area contributed by atoms with Crippen molar-refractivity contribution in [2.75, 3.05) is 0 Å². The van der Waals surface area contributed by atoms with Crippen LogP contribution in [0.25, 0.3) is 0 Å². The molecule has 2 fully saturated rings. The van der Waals surface area contributed by atoms with E-state index in [0.29, 0.717) is 24.9 Å². The van der Waals surface area contributed by atoms with Crippen molar-refractivity contribution in [3.05, 3.63) is 30.3 Å². The summed E-state index contributed by atoms with van der Waals surface area (Å²) in [6.07, 6.45) is 1.52. The van der Waals surface area contributed by atoms with Crippen LogP contribution in [0.3, 0.4) is 0 Å². The minimum absolute atomic E-state index is 0.112. The largest absolute Gasteiger partial charge is 0.440 e. The van der Waals surface area contributed by atoms with Crippen LogP contribution in [0.4, 0.5) is 5.69 Å². The highest BCUT2D eigenvalue weighted by Gasteiger charge is 2.56. The molecule has 0 aromatic heterocycles. The van der Waals surface area contributed by atoms with Gasteiger partial charge in [-0.25, -0.2) is 0 Å². The predicted molar refractivity (Wildman–Crippen MR) is 64.4 cm³/mol. The van der Waals surface area contributed by atoms with Crippen LogP contribution in [0.5, 0.6) is 0 Å². The van der Waals surface area contributed by atoms with Crippen LogP contribution in [0, 0.1) is 0 Å². The van der Waals surface area contributed by atoms with E-state index in [-0.39, 0.29) is 17.7 Å². The number of carbonyl (C=O) groups is 2. The van der Waals surface area contributed by atoms with E-state index in [1.54, 1.807) is 12.1 Å². The molecule has 1 unspecified atom stereocenters. The number of amidine groups is 1. The van der Waals surface area contributed by atoms with E-state index in [9.17, 15) is 9.59 Å². The van der Waals surface area contributed by atoms with Gasteiger partial charge < -0.3 is 4.74 Å². The summed E-state index contributed by atoms with van der Waals surface area (Å²) >= 11 is 0. The zero-order valence-corrected chi connectivity index (χ0v) is 9.68. The first kappa shape index (κ1) is 11.0. The van der Waals surface area contributed by atoms with Crippen LogP contribution in [-0.4, -0.2) is 23.3 Å². The number of amides is 1. The third kappa shape index (κ3) is 1.59. The van der Waals surface area contributed by atoms with Gasteiger partial charge in [0.15, 0.2) is 5.78 Å². The second-order valence-corrected chi connectivity index (χ2v) is 4.41. The number of benzene rings is 1. The average Bonchev–Trinajstić information content (AvgIpc) is 2.87. The first-order valence-electron chi connectivity index (χ1n) is 5.88. The lowest BCUT2D eigenvalue weighted by Crippen LogP contribution is -2.42. The summed E-state index contributed by atoms with van der Waals surface area (Å²) in [6, 6.07) is 9.26. The van der Waals surface area contributed by atoms with Gasteiger partial charge in [-0.1, -0.05) is 18.2 Å². The molecule has 0 radical (unpaired) electrons. The summed E-state index contributed by atoms with van der Waals surface area (Å²) in [4.78, 5) is 27.8. The Hall–Kier alpha value is -2.17. The number of rotatable bonds is 1. The minimum Gasteiger partial charge on any atom is -0.440 e. The second-order valence-electron chi connectivity index (χ2n) is 4.41. The van der Waals surface area contributed by atoms with Crippen LogP contribution in [0.2, 0.25) is 0 Å². The smallest absolute Gasteiger partial charge is 0.298 e. The van der Waals surface area contributed by atoms with Crippen molar-refractivity contribution in [1.29, 1.82) is 0 Å². The maximum Gasteiger partial charge on any atom is 0.298 e. The molecule has 5 heteroatoms. The molecule has 1 saturated heterocycles. The van der Waals surface area contributed by atoms with E-state index < -0.39 is 5.60 Å². The SMILES string of the molecule is O=C1CCCC12OC(=Nc1ccccc1)NC2=O. The molecule has 0 bridgehead atoms. The number of nitrogens with zero attached hydrogens (tertiary/aromatic N) is 1. The van der Waals surface area contributed by atoms with Gasteiger partial charge in [-0.3, -0.25) is 14.9 Å². The van der Waals surface area contributed by atoms with Crippen molar-refractivity contribution in [2.24, 2.45) is 4.99 Å². The molecule has 1 atom stereocenters. The summed E-state index contributed by atoms with van der Waals surface area (Å²) < 4.78 is 5.48. The Labute approximate surface area is 104 Å². The molecule has 1 amide bonds. The van der Waals surface area contributed by atoms with Crippen LogP contribution in [0.1, 0.15) is 19.3 Å². The zero-order chi connectivity index (χ0) is 12.6. The Balaban J connectivity index is 1.89. The van der Waals surface area contributed by atoms with Crippen molar-refractivity contribution in [3.63, 3.8) is 0 Å². The average molecular weight is 244 g/mol. The molecule has 1 spiro atoms. The summed E-state index contributed by atoms with van der Waals surface area (Å²) in [5.74, 6) is -0.544. The van der Waals surface area contributed by atoms with Crippen molar-refractivity contribution in [3.8, 4) is 0 Å². The van der Waals surface area contributed by atoms with Crippen LogP contribution in [0.15, 0.2) is 35.3 Å². The first-order chi connectivity index (χ1) is 8.71. The number of nitrogens with one attached hydrogen (secondary N) is 1. The Kier molecular flexibility index (Phi) is 2.40. The predicted octanol–water partition coefficient (Wildman–Crippen LogP) is 1.31. The molecule has 3 rings (SSSR count). The summed E-state index contributed by atoms with van der Waals surface area (Å²) in [5, 5.41) is 2.53. The molecule has 1 aliphatic carbocycles. The van der Waals surface area contributed by atoms with Crippen LogP contribution in [-0.2, 0) is 14.3 Å². The molecule has 1 aromatic carbocycles. The zero-order valence-electron chi connectivity index (χ0n) is 9.68. The minimum atomic E-state index is -1.31. The molecular formula is C13H12N2O3. The van der Waals surface area contributed by atoms with Gasteiger partial charge in [0.05, 0.1) is 5.69 Å². The van der Waals surface area contributed by atoms with E-state index in [1.165, 1.54) is 0 Å². The van der Waals surface area contributed by atoms with Crippen molar-refractivity contribution >= 4 is 23.4 Å². The van der Waals surface area contributed by atoms with E-state index in [4.69, 9.17) is 4.74 Å². The quantitative estimate of drug-likeness (QED) is 0.757. The first-order valence-corrected chi connectivity index (χ1v) is 5.88. The molecule has 2 aliphatic rings. The molecule has 1 heterocycles. The lowest BCUT2D eigenvalue weighted by molar-refractivity contribution is -0.142. The lowest BCUT2D eigenvalue weighted by Gasteiger charge is -2.15. The highest BCUT2D eigenvalue weighted by atomic mass is 16.5. The normalized spacial score (nSPS) is 28.8. The second kappa shape index (κ2) is 3.94. The fraction of sp³-hybridized carbons (Fsp3) is 0.308. The van der Waals surface area contributed by atoms with Crippen molar-refractivity contribution in [1.82, 2.24) is 5.32 Å². The number of ketones is 1. The molecule has 1 aromatic rings. The molecule has 1 aliphatic heterocycles. The third-order valence-corrected chi connectivity index (χ3v) is 3.23. The Morgan fingerprint density at radius 2 is 2.00 bits per heavy atom. The van der Waals surface area contributed by atoms with Crippen LogP contribution < -0.4 is 5.32 Å². The highest BCUT2D eigenvalue weighted by molar-refractivity contribution is 6.19.